The minimum atomic E-state index is -0.599. The number of nitrogens with zero attached hydrogens (tertiary/aromatic N) is 4. The zero-order valence-electron chi connectivity index (χ0n) is 14.4. The van der Waals surface area contributed by atoms with E-state index < -0.39 is 6.04 Å². The summed E-state index contributed by atoms with van der Waals surface area (Å²) in [5.41, 5.74) is 5.83. The standard InChI is InChI=1S/C16H23N5O3S/c1-11(15-18-14(19-24-15)13-4-3-9-25-13)20-5-7-21(8-6-20)16(22)12(17)10-23-2/h3-4,9,11-12H,5-8,10,17H2,1-2H3. The van der Waals surface area contributed by atoms with Crippen LogP contribution in [0.4, 0.5) is 0 Å². The second-order valence-electron chi connectivity index (χ2n) is 6.03. The second kappa shape index (κ2) is 8.05. The molecule has 1 saturated heterocycles. The van der Waals surface area contributed by atoms with Gasteiger partial charge in [-0.05, 0) is 18.4 Å². The fourth-order valence-corrected chi connectivity index (χ4v) is 3.53. The van der Waals surface area contributed by atoms with E-state index in [1.807, 2.05) is 24.4 Å². The molecule has 8 nitrogen and oxygen atoms in total. The van der Waals surface area contributed by atoms with Crippen LogP contribution in [-0.2, 0) is 9.53 Å². The van der Waals surface area contributed by atoms with Crippen molar-refractivity contribution in [3.8, 4) is 10.7 Å². The maximum Gasteiger partial charge on any atom is 0.244 e. The monoisotopic (exact) mass is 365 g/mol. The van der Waals surface area contributed by atoms with Crippen molar-refractivity contribution in [3.05, 3.63) is 23.4 Å². The van der Waals surface area contributed by atoms with Crippen LogP contribution in [0.25, 0.3) is 10.7 Å². The molecule has 3 heterocycles. The van der Waals surface area contributed by atoms with Gasteiger partial charge < -0.3 is 19.9 Å². The topological polar surface area (TPSA) is 97.7 Å². The normalized spacial score (nSPS) is 18.3. The van der Waals surface area contributed by atoms with Crippen molar-refractivity contribution in [1.29, 1.82) is 0 Å². The quantitative estimate of drug-likeness (QED) is 0.815. The molecule has 2 aromatic heterocycles. The van der Waals surface area contributed by atoms with Crippen LogP contribution in [0, 0.1) is 0 Å². The average Bonchev–Trinajstić information content (AvgIpc) is 3.32. The van der Waals surface area contributed by atoms with E-state index in [4.69, 9.17) is 15.0 Å². The van der Waals surface area contributed by atoms with Crippen molar-refractivity contribution < 1.29 is 14.1 Å². The average molecular weight is 365 g/mol. The second-order valence-corrected chi connectivity index (χ2v) is 6.98. The SMILES string of the molecule is COCC(N)C(=O)N1CCN(C(C)c2nc(-c3cccs3)no2)CC1. The number of carbonyl (C=O) groups is 1. The number of ether oxygens (including phenoxy) is 1. The van der Waals surface area contributed by atoms with E-state index in [2.05, 4.69) is 15.0 Å². The summed E-state index contributed by atoms with van der Waals surface area (Å²) in [5.74, 6) is 1.15. The van der Waals surface area contributed by atoms with Crippen LogP contribution in [-0.4, -0.2) is 71.8 Å². The van der Waals surface area contributed by atoms with Gasteiger partial charge in [0.15, 0.2) is 0 Å². The number of carbonyl (C=O) groups excluding carboxylic acids is 1. The summed E-state index contributed by atoms with van der Waals surface area (Å²) in [4.78, 5) is 21.8. The number of thiophene rings is 1. The first-order valence-corrected chi connectivity index (χ1v) is 9.13. The van der Waals surface area contributed by atoms with Gasteiger partial charge in [-0.3, -0.25) is 9.69 Å². The first kappa shape index (κ1) is 18.0. The summed E-state index contributed by atoms with van der Waals surface area (Å²) < 4.78 is 10.4. The van der Waals surface area contributed by atoms with Crippen LogP contribution < -0.4 is 5.73 Å². The predicted molar refractivity (Wildman–Crippen MR) is 94.0 cm³/mol. The Bertz CT molecular complexity index is 682. The lowest BCUT2D eigenvalue weighted by atomic mass is 10.2. The number of hydrogen-bond donors (Lipinski definition) is 1. The third kappa shape index (κ3) is 4.06. The molecule has 2 N–H and O–H groups in total. The number of aromatic nitrogens is 2. The smallest absolute Gasteiger partial charge is 0.244 e. The summed E-state index contributed by atoms with van der Waals surface area (Å²) >= 11 is 1.58. The molecule has 0 spiro atoms. The molecule has 0 radical (unpaired) electrons. The zero-order chi connectivity index (χ0) is 17.8. The molecule has 0 aromatic carbocycles. The highest BCUT2D eigenvalue weighted by Gasteiger charge is 2.29. The molecule has 0 aliphatic carbocycles. The van der Waals surface area contributed by atoms with E-state index in [9.17, 15) is 4.79 Å². The van der Waals surface area contributed by atoms with Crippen molar-refractivity contribution in [2.45, 2.75) is 19.0 Å². The predicted octanol–water partition coefficient (Wildman–Crippen LogP) is 0.977. The molecular weight excluding hydrogens is 342 g/mol. The van der Waals surface area contributed by atoms with E-state index in [1.165, 1.54) is 0 Å². The fraction of sp³-hybridized carbons (Fsp3) is 0.562. The van der Waals surface area contributed by atoms with Gasteiger partial charge in [-0.1, -0.05) is 11.2 Å². The molecule has 136 valence electrons. The van der Waals surface area contributed by atoms with E-state index >= 15 is 0 Å². The van der Waals surface area contributed by atoms with Gasteiger partial charge in [0.2, 0.25) is 17.6 Å². The Kier molecular flexibility index (Phi) is 5.79. The lowest BCUT2D eigenvalue weighted by Crippen LogP contribution is -2.54. The molecule has 2 unspecified atom stereocenters. The number of hydrogen-bond acceptors (Lipinski definition) is 8. The van der Waals surface area contributed by atoms with Crippen molar-refractivity contribution in [2.24, 2.45) is 5.73 Å². The highest BCUT2D eigenvalue weighted by atomic mass is 32.1. The molecule has 2 atom stereocenters. The Balaban J connectivity index is 1.57. The largest absolute Gasteiger partial charge is 0.383 e. The van der Waals surface area contributed by atoms with Gasteiger partial charge in [-0.2, -0.15) is 4.98 Å². The molecule has 1 amide bonds. The van der Waals surface area contributed by atoms with Gasteiger partial charge in [-0.25, -0.2) is 0 Å². The van der Waals surface area contributed by atoms with Crippen molar-refractivity contribution in [1.82, 2.24) is 19.9 Å². The highest BCUT2D eigenvalue weighted by Crippen LogP contribution is 2.25. The van der Waals surface area contributed by atoms with Crippen molar-refractivity contribution in [2.75, 3.05) is 39.9 Å². The summed E-state index contributed by atoms with van der Waals surface area (Å²) in [5, 5.41) is 6.05. The number of piperazine rings is 1. The van der Waals surface area contributed by atoms with Gasteiger partial charge in [0.05, 0.1) is 17.5 Å². The molecule has 1 aliphatic heterocycles. The van der Waals surface area contributed by atoms with Crippen LogP contribution in [0.15, 0.2) is 22.0 Å². The molecule has 3 rings (SSSR count). The van der Waals surface area contributed by atoms with Crippen molar-refractivity contribution >= 4 is 17.2 Å². The molecule has 1 aliphatic rings. The van der Waals surface area contributed by atoms with Gasteiger partial charge in [-0.15, -0.1) is 11.3 Å². The fourth-order valence-electron chi connectivity index (χ4n) is 2.88. The Morgan fingerprint density at radius 3 is 2.84 bits per heavy atom. The highest BCUT2D eigenvalue weighted by molar-refractivity contribution is 7.13. The van der Waals surface area contributed by atoms with Gasteiger partial charge >= 0.3 is 0 Å². The maximum absolute atomic E-state index is 12.2. The van der Waals surface area contributed by atoms with E-state index in [1.54, 1.807) is 23.3 Å². The number of methoxy groups -OCH3 is 1. The van der Waals surface area contributed by atoms with Crippen LogP contribution in [0.2, 0.25) is 0 Å². The molecule has 9 heteroatoms. The lowest BCUT2D eigenvalue weighted by Gasteiger charge is -2.37. The van der Waals surface area contributed by atoms with Gasteiger partial charge in [0.1, 0.15) is 6.04 Å². The lowest BCUT2D eigenvalue weighted by molar-refractivity contribution is -0.135. The van der Waals surface area contributed by atoms with Crippen LogP contribution in [0.3, 0.4) is 0 Å². The Morgan fingerprint density at radius 2 is 2.20 bits per heavy atom. The number of amides is 1. The summed E-state index contributed by atoms with van der Waals surface area (Å²) in [6, 6.07) is 3.34. The zero-order valence-corrected chi connectivity index (χ0v) is 15.2. The minimum Gasteiger partial charge on any atom is -0.383 e. The summed E-state index contributed by atoms with van der Waals surface area (Å²) in [6.45, 7) is 5.02. The van der Waals surface area contributed by atoms with Crippen LogP contribution in [0.5, 0.6) is 0 Å². The molecule has 0 bridgehead atoms. The number of nitrogens with two attached hydrogens (primary N) is 1. The van der Waals surface area contributed by atoms with Crippen LogP contribution >= 0.6 is 11.3 Å². The van der Waals surface area contributed by atoms with E-state index in [0.717, 1.165) is 18.0 Å². The van der Waals surface area contributed by atoms with Crippen molar-refractivity contribution in [3.63, 3.8) is 0 Å². The molecule has 25 heavy (non-hydrogen) atoms. The Morgan fingerprint density at radius 1 is 1.44 bits per heavy atom. The van der Waals surface area contributed by atoms with Gasteiger partial charge in [0.25, 0.3) is 0 Å². The third-order valence-corrected chi connectivity index (χ3v) is 5.24. The third-order valence-electron chi connectivity index (χ3n) is 4.38. The molecule has 1 fully saturated rings. The summed E-state index contributed by atoms with van der Waals surface area (Å²) in [7, 11) is 1.54. The molecule has 0 saturated carbocycles. The van der Waals surface area contributed by atoms with E-state index in [0.29, 0.717) is 24.8 Å². The summed E-state index contributed by atoms with van der Waals surface area (Å²) in [6.07, 6.45) is 0. The first-order valence-electron chi connectivity index (χ1n) is 8.25. The molecule has 2 aromatic rings. The first-order chi connectivity index (χ1) is 12.1. The van der Waals surface area contributed by atoms with E-state index in [-0.39, 0.29) is 18.6 Å². The Labute approximate surface area is 150 Å². The van der Waals surface area contributed by atoms with Gasteiger partial charge in [0, 0.05) is 33.3 Å². The van der Waals surface area contributed by atoms with Crippen LogP contribution in [0.1, 0.15) is 18.9 Å². The number of rotatable bonds is 6. The maximum atomic E-state index is 12.2. The Hall–Kier alpha value is -1.81. The minimum absolute atomic E-state index is 0.00566. The molecular formula is C16H23N5O3S.